The van der Waals surface area contributed by atoms with E-state index in [2.05, 4.69) is 10.3 Å². The quantitative estimate of drug-likeness (QED) is 0.817. The summed E-state index contributed by atoms with van der Waals surface area (Å²) in [5.41, 5.74) is 1.51. The van der Waals surface area contributed by atoms with Gasteiger partial charge in [0.25, 0.3) is 5.56 Å². The smallest absolute Gasteiger partial charge is 0.257 e. The number of methoxy groups -OCH3 is 1. The van der Waals surface area contributed by atoms with E-state index in [1.54, 1.807) is 11.7 Å². The molecule has 0 saturated carbocycles. The van der Waals surface area contributed by atoms with Crippen LogP contribution in [0.5, 0.6) is 0 Å². The van der Waals surface area contributed by atoms with Crippen LogP contribution in [0.15, 0.2) is 9.95 Å². The molecule has 1 aliphatic rings. The SMILES string of the molecule is CCc1c(C)nc2n(c1=O)CC(C(=O)NC(C)COC)CS2. The molecule has 0 bridgehead atoms. The van der Waals surface area contributed by atoms with E-state index in [1.165, 1.54) is 11.8 Å². The maximum Gasteiger partial charge on any atom is 0.257 e. The van der Waals surface area contributed by atoms with Crippen LogP contribution in [0.1, 0.15) is 25.1 Å². The fourth-order valence-electron chi connectivity index (χ4n) is 2.61. The van der Waals surface area contributed by atoms with Crippen LogP contribution in [0.2, 0.25) is 0 Å². The van der Waals surface area contributed by atoms with Crippen molar-refractivity contribution in [2.75, 3.05) is 19.5 Å². The summed E-state index contributed by atoms with van der Waals surface area (Å²) in [5, 5.41) is 3.64. The number of aryl methyl sites for hydroxylation is 1. The number of amides is 1. The van der Waals surface area contributed by atoms with Gasteiger partial charge in [0, 0.05) is 36.7 Å². The number of thioether (sulfide) groups is 1. The highest BCUT2D eigenvalue weighted by atomic mass is 32.2. The van der Waals surface area contributed by atoms with Crippen molar-refractivity contribution in [3.8, 4) is 0 Å². The van der Waals surface area contributed by atoms with Gasteiger partial charge in [-0.25, -0.2) is 4.98 Å². The number of carbonyl (C=O) groups excluding carboxylic acids is 1. The predicted octanol–water partition coefficient (Wildman–Crippen LogP) is 0.987. The third-order valence-electron chi connectivity index (χ3n) is 3.78. The Morgan fingerprint density at radius 2 is 2.32 bits per heavy atom. The number of nitrogens with one attached hydrogen (secondary N) is 1. The molecule has 1 aromatic heterocycles. The molecule has 2 rings (SSSR count). The van der Waals surface area contributed by atoms with Gasteiger partial charge in [0.05, 0.1) is 12.5 Å². The summed E-state index contributed by atoms with van der Waals surface area (Å²) in [5.74, 6) is 0.389. The average Bonchev–Trinajstić information content (AvgIpc) is 2.47. The molecule has 2 atom stereocenters. The Morgan fingerprint density at radius 3 is 2.95 bits per heavy atom. The van der Waals surface area contributed by atoms with Gasteiger partial charge in [0.1, 0.15) is 0 Å². The number of rotatable bonds is 5. The van der Waals surface area contributed by atoms with E-state index in [9.17, 15) is 9.59 Å². The minimum Gasteiger partial charge on any atom is -0.383 e. The summed E-state index contributed by atoms with van der Waals surface area (Å²) in [7, 11) is 1.61. The van der Waals surface area contributed by atoms with Crippen LogP contribution >= 0.6 is 11.8 Å². The zero-order valence-corrected chi connectivity index (χ0v) is 14.3. The van der Waals surface area contributed by atoms with Gasteiger partial charge in [-0.15, -0.1) is 0 Å². The highest BCUT2D eigenvalue weighted by molar-refractivity contribution is 7.99. The van der Waals surface area contributed by atoms with Crippen LogP contribution in [0.25, 0.3) is 0 Å². The van der Waals surface area contributed by atoms with E-state index in [1.807, 2.05) is 20.8 Å². The second-order valence-electron chi connectivity index (χ2n) is 5.60. The van der Waals surface area contributed by atoms with E-state index in [-0.39, 0.29) is 23.4 Å². The van der Waals surface area contributed by atoms with Crippen LogP contribution in [0.4, 0.5) is 0 Å². The van der Waals surface area contributed by atoms with E-state index in [4.69, 9.17) is 4.74 Å². The van der Waals surface area contributed by atoms with Crippen molar-refractivity contribution in [2.24, 2.45) is 5.92 Å². The molecule has 2 unspecified atom stereocenters. The highest BCUT2D eigenvalue weighted by Crippen LogP contribution is 2.26. The van der Waals surface area contributed by atoms with Crippen LogP contribution in [-0.4, -0.2) is 41.0 Å². The van der Waals surface area contributed by atoms with Crippen molar-refractivity contribution in [3.63, 3.8) is 0 Å². The van der Waals surface area contributed by atoms with Crippen molar-refractivity contribution in [2.45, 2.75) is 44.9 Å². The average molecular weight is 325 g/mol. The maximum atomic E-state index is 12.5. The summed E-state index contributed by atoms with van der Waals surface area (Å²) in [4.78, 5) is 29.3. The van der Waals surface area contributed by atoms with Crippen molar-refractivity contribution in [1.82, 2.24) is 14.9 Å². The first-order chi connectivity index (χ1) is 10.5. The van der Waals surface area contributed by atoms with Crippen molar-refractivity contribution in [1.29, 1.82) is 0 Å². The zero-order valence-electron chi connectivity index (χ0n) is 13.5. The second-order valence-corrected chi connectivity index (χ2v) is 6.59. The molecule has 0 aromatic carbocycles. The molecule has 2 heterocycles. The highest BCUT2D eigenvalue weighted by Gasteiger charge is 2.28. The minimum atomic E-state index is -0.219. The maximum absolute atomic E-state index is 12.5. The van der Waals surface area contributed by atoms with Gasteiger partial charge in [-0.3, -0.25) is 14.2 Å². The summed E-state index contributed by atoms with van der Waals surface area (Å²) >= 11 is 1.47. The van der Waals surface area contributed by atoms with Gasteiger partial charge in [0.2, 0.25) is 5.91 Å². The third kappa shape index (κ3) is 3.52. The summed E-state index contributed by atoms with van der Waals surface area (Å²) in [6, 6.07) is -0.0389. The third-order valence-corrected chi connectivity index (χ3v) is 4.92. The van der Waals surface area contributed by atoms with Crippen LogP contribution in [-0.2, 0) is 22.5 Å². The number of nitrogens with zero attached hydrogens (tertiary/aromatic N) is 2. The molecule has 0 spiro atoms. The van der Waals surface area contributed by atoms with Crippen LogP contribution < -0.4 is 10.9 Å². The molecular formula is C15H23N3O3S. The number of ether oxygens (including phenoxy) is 1. The van der Waals surface area contributed by atoms with E-state index >= 15 is 0 Å². The molecule has 1 N–H and O–H groups in total. The number of carbonyl (C=O) groups is 1. The lowest BCUT2D eigenvalue weighted by atomic mass is 10.1. The summed E-state index contributed by atoms with van der Waals surface area (Å²) in [6.45, 7) is 6.59. The van der Waals surface area contributed by atoms with Gasteiger partial charge in [-0.05, 0) is 20.3 Å². The number of hydrogen-bond donors (Lipinski definition) is 1. The van der Waals surface area contributed by atoms with E-state index in [0.717, 1.165) is 11.3 Å². The standard InChI is InChI=1S/C15H23N3O3S/c1-5-12-10(3)17-15-18(14(12)20)6-11(8-22-15)13(19)16-9(2)7-21-4/h9,11H,5-8H2,1-4H3,(H,16,19). The van der Waals surface area contributed by atoms with Gasteiger partial charge in [-0.2, -0.15) is 0 Å². The number of fused-ring (bicyclic) bond motifs is 1. The molecule has 0 aliphatic carbocycles. The van der Waals surface area contributed by atoms with E-state index in [0.29, 0.717) is 30.5 Å². The fraction of sp³-hybridized carbons (Fsp3) is 0.667. The lowest BCUT2D eigenvalue weighted by Gasteiger charge is -2.26. The zero-order chi connectivity index (χ0) is 16.3. The topological polar surface area (TPSA) is 73.2 Å². The molecule has 1 amide bonds. The molecule has 1 aliphatic heterocycles. The predicted molar refractivity (Wildman–Crippen MR) is 86.3 cm³/mol. The number of aromatic nitrogens is 2. The molecule has 7 heteroatoms. The first-order valence-corrected chi connectivity index (χ1v) is 8.48. The van der Waals surface area contributed by atoms with E-state index < -0.39 is 0 Å². The molecule has 0 radical (unpaired) electrons. The Bertz CT molecular complexity index is 615. The fourth-order valence-corrected chi connectivity index (χ4v) is 3.74. The Hall–Kier alpha value is -1.34. The lowest BCUT2D eigenvalue weighted by molar-refractivity contribution is -0.125. The second kappa shape index (κ2) is 7.28. The molecule has 0 fully saturated rings. The molecule has 122 valence electrons. The molecule has 0 saturated heterocycles. The summed E-state index contributed by atoms with van der Waals surface area (Å²) in [6.07, 6.45) is 0.657. The Morgan fingerprint density at radius 1 is 1.59 bits per heavy atom. The van der Waals surface area contributed by atoms with Gasteiger partial charge >= 0.3 is 0 Å². The first-order valence-electron chi connectivity index (χ1n) is 7.50. The molecular weight excluding hydrogens is 302 g/mol. The van der Waals surface area contributed by atoms with Crippen molar-refractivity contribution >= 4 is 17.7 Å². The summed E-state index contributed by atoms with van der Waals surface area (Å²) < 4.78 is 6.67. The van der Waals surface area contributed by atoms with Gasteiger partial charge in [0.15, 0.2) is 5.16 Å². The number of hydrogen-bond acceptors (Lipinski definition) is 5. The molecule has 6 nitrogen and oxygen atoms in total. The van der Waals surface area contributed by atoms with Crippen molar-refractivity contribution < 1.29 is 9.53 Å². The Balaban J connectivity index is 2.17. The van der Waals surface area contributed by atoms with Crippen molar-refractivity contribution in [3.05, 3.63) is 21.6 Å². The monoisotopic (exact) mass is 325 g/mol. The Labute approximate surface area is 134 Å². The normalized spacial score (nSPS) is 18.6. The Kier molecular flexibility index (Phi) is 5.63. The van der Waals surface area contributed by atoms with Crippen LogP contribution in [0, 0.1) is 12.8 Å². The first kappa shape index (κ1) is 17.0. The van der Waals surface area contributed by atoms with Gasteiger partial charge in [-0.1, -0.05) is 18.7 Å². The molecule has 22 heavy (non-hydrogen) atoms. The largest absolute Gasteiger partial charge is 0.383 e. The molecule has 1 aromatic rings. The lowest BCUT2D eigenvalue weighted by Crippen LogP contribution is -2.44. The van der Waals surface area contributed by atoms with Crippen LogP contribution in [0.3, 0.4) is 0 Å². The minimum absolute atomic E-state index is 0.0139. The van der Waals surface area contributed by atoms with Gasteiger partial charge < -0.3 is 10.1 Å².